The third-order valence-corrected chi connectivity index (χ3v) is 6.34. The van der Waals surface area contributed by atoms with E-state index in [1.807, 2.05) is 0 Å². The summed E-state index contributed by atoms with van der Waals surface area (Å²) < 4.78 is 48.5. The average molecular weight is 488 g/mol. The second-order valence-corrected chi connectivity index (χ2v) is 8.66. The first-order valence-corrected chi connectivity index (χ1v) is 10.8. The van der Waals surface area contributed by atoms with E-state index in [9.17, 15) is 33.3 Å². The maximum Gasteiger partial charge on any atom is 0.185 e. The lowest BCUT2D eigenvalue weighted by Crippen LogP contribution is -2.61. The summed E-state index contributed by atoms with van der Waals surface area (Å²) in [6.07, 6.45) is -2.47. The molecule has 1 fully saturated rings. The normalized spacial score (nSPS) is 26.5. The SMILES string of the molecule is C[C@@H]1O[C@H](c2ccncc2CC(=O)c2ccc(F)c(-c3c(F)cccc3F)n2)[C@@H](O)[C@H](O)[C@@]1(C)O. The van der Waals surface area contributed by atoms with Crippen LogP contribution in [0, 0.1) is 17.5 Å². The highest BCUT2D eigenvalue weighted by Gasteiger charge is 2.50. The Kier molecular flexibility index (Phi) is 6.74. The Balaban J connectivity index is 1.66. The molecule has 0 spiro atoms. The van der Waals surface area contributed by atoms with Crippen LogP contribution in [-0.2, 0) is 11.2 Å². The third kappa shape index (κ3) is 4.57. The second-order valence-electron chi connectivity index (χ2n) is 8.66. The molecule has 184 valence electrons. The molecule has 1 aliphatic rings. The molecule has 0 aliphatic carbocycles. The molecule has 0 bridgehead atoms. The minimum Gasteiger partial charge on any atom is -0.387 e. The first-order chi connectivity index (χ1) is 16.5. The summed E-state index contributed by atoms with van der Waals surface area (Å²) in [6.45, 7) is 2.88. The van der Waals surface area contributed by atoms with E-state index < -0.39 is 64.5 Å². The first kappa shape index (κ1) is 24.9. The quantitative estimate of drug-likeness (QED) is 0.474. The molecule has 2 aromatic heterocycles. The lowest BCUT2D eigenvalue weighted by molar-refractivity contribution is -0.261. The van der Waals surface area contributed by atoms with Crippen LogP contribution in [0.2, 0.25) is 0 Å². The fraction of sp³-hybridized carbons (Fsp3) is 0.320. The molecule has 3 heterocycles. The van der Waals surface area contributed by atoms with Gasteiger partial charge in [0.2, 0.25) is 0 Å². The van der Waals surface area contributed by atoms with Crippen LogP contribution < -0.4 is 0 Å². The number of pyridine rings is 2. The molecule has 0 amide bonds. The third-order valence-electron chi connectivity index (χ3n) is 6.34. The molecule has 3 N–H and O–H groups in total. The Bertz CT molecular complexity index is 1250. The number of rotatable bonds is 5. The van der Waals surface area contributed by atoms with Crippen molar-refractivity contribution in [3.8, 4) is 11.3 Å². The number of ketones is 1. The van der Waals surface area contributed by atoms with Crippen molar-refractivity contribution in [1.82, 2.24) is 9.97 Å². The van der Waals surface area contributed by atoms with E-state index in [0.29, 0.717) is 11.1 Å². The highest BCUT2D eigenvalue weighted by atomic mass is 19.1. The van der Waals surface area contributed by atoms with Crippen LogP contribution in [0.15, 0.2) is 48.8 Å². The van der Waals surface area contributed by atoms with Gasteiger partial charge in [0.25, 0.3) is 0 Å². The number of ether oxygens (including phenoxy) is 1. The fourth-order valence-electron chi connectivity index (χ4n) is 4.07. The zero-order valence-corrected chi connectivity index (χ0v) is 18.8. The number of aliphatic hydroxyl groups excluding tert-OH is 2. The minimum absolute atomic E-state index is 0.236. The zero-order chi connectivity index (χ0) is 25.5. The summed E-state index contributed by atoms with van der Waals surface area (Å²) in [6, 6.07) is 6.55. The van der Waals surface area contributed by atoms with E-state index in [4.69, 9.17) is 4.74 Å². The van der Waals surface area contributed by atoms with E-state index in [1.165, 1.54) is 25.4 Å². The standard InChI is InChI=1S/C25H23F3N2O5/c1-12-25(2,34)24(33)22(32)23(35-12)14-8-9-29-11-13(14)10-19(31)18-7-6-17(28)21(30-18)20-15(26)4-3-5-16(20)27/h3-9,11-12,22-24,32-34H,10H2,1-2H3/t12-,22+,23+,24-,25-/m0/s1. The predicted molar refractivity (Wildman–Crippen MR) is 118 cm³/mol. The van der Waals surface area contributed by atoms with Crippen molar-refractivity contribution in [2.45, 2.75) is 50.3 Å². The summed E-state index contributed by atoms with van der Waals surface area (Å²) in [4.78, 5) is 20.9. The molecule has 0 unspecified atom stereocenters. The molecule has 3 aromatic rings. The summed E-state index contributed by atoms with van der Waals surface area (Å²) in [5, 5.41) is 31.4. The van der Waals surface area contributed by atoms with E-state index in [0.717, 1.165) is 30.3 Å². The van der Waals surface area contributed by atoms with E-state index >= 15 is 0 Å². The number of aliphatic hydroxyl groups is 3. The van der Waals surface area contributed by atoms with Gasteiger partial charge in [-0.05, 0) is 55.3 Å². The molecule has 0 radical (unpaired) electrons. The average Bonchev–Trinajstić information content (AvgIpc) is 2.82. The van der Waals surface area contributed by atoms with Crippen molar-refractivity contribution >= 4 is 5.78 Å². The molecule has 1 saturated heterocycles. The van der Waals surface area contributed by atoms with Gasteiger partial charge in [0.1, 0.15) is 52.8 Å². The van der Waals surface area contributed by atoms with Crippen molar-refractivity contribution in [3.05, 3.63) is 83.1 Å². The summed E-state index contributed by atoms with van der Waals surface area (Å²) in [5.41, 5.74) is -2.58. The molecule has 10 heteroatoms. The van der Waals surface area contributed by atoms with Gasteiger partial charge in [-0.2, -0.15) is 0 Å². The van der Waals surface area contributed by atoms with Crippen molar-refractivity contribution in [2.75, 3.05) is 0 Å². The number of carbonyl (C=O) groups is 1. The molecule has 7 nitrogen and oxygen atoms in total. The number of Topliss-reactive ketones (excluding diaryl/α,β-unsaturated/α-hetero) is 1. The predicted octanol–water partition coefficient (Wildman–Crippen LogP) is 2.92. The monoisotopic (exact) mass is 488 g/mol. The Labute approximate surface area is 198 Å². The number of nitrogens with zero attached hydrogens (tertiary/aromatic N) is 2. The van der Waals surface area contributed by atoms with Gasteiger partial charge in [0.05, 0.1) is 11.7 Å². The summed E-state index contributed by atoms with van der Waals surface area (Å²) >= 11 is 0. The van der Waals surface area contributed by atoms with Gasteiger partial charge in [-0.3, -0.25) is 9.78 Å². The van der Waals surface area contributed by atoms with Crippen LogP contribution in [0.5, 0.6) is 0 Å². The maximum absolute atomic E-state index is 14.4. The van der Waals surface area contributed by atoms with Crippen LogP contribution in [0.3, 0.4) is 0 Å². The number of aromatic nitrogens is 2. The largest absolute Gasteiger partial charge is 0.387 e. The molecule has 35 heavy (non-hydrogen) atoms. The molecule has 4 rings (SSSR count). The number of benzene rings is 1. The van der Waals surface area contributed by atoms with E-state index in [1.54, 1.807) is 6.92 Å². The number of hydrogen-bond acceptors (Lipinski definition) is 7. The van der Waals surface area contributed by atoms with Gasteiger partial charge in [-0.15, -0.1) is 0 Å². The molecule has 0 saturated carbocycles. The Morgan fingerprint density at radius 3 is 2.46 bits per heavy atom. The second kappa shape index (κ2) is 9.46. The van der Waals surface area contributed by atoms with E-state index in [2.05, 4.69) is 9.97 Å². The van der Waals surface area contributed by atoms with Gasteiger partial charge >= 0.3 is 0 Å². The molecule has 1 aliphatic heterocycles. The molecular formula is C25H23F3N2O5. The number of carbonyl (C=O) groups excluding carboxylic acids is 1. The number of halogens is 3. The van der Waals surface area contributed by atoms with Gasteiger partial charge in [0, 0.05) is 18.8 Å². The van der Waals surface area contributed by atoms with Crippen LogP contribution >= 0.6 is 0 Å². The van der Waals surface area contributed by atoms with Crippen molar-refractivity contribution in [1.29, 1.82) is 0 Å². The molecular weight excluding hydrogens is 465 g/mol. The lowest BCUT2D eigenvalue weighted by atomic mass is 9.82. The van der Waals surface area contributed by atoms with Gasteiger partial charge in [-0.25, -0.2) is 18.2 Å². The fourth-order valence-corrected chi connectivity index (χ4v) is 4.07. The molecule has 5 atom stereocenters. The van der Waals surface area contributed by atoms with Crippen LogP contribution in [-0.4, -0.2) is 55.0 Å². The van der Waals surface area contributed by atoms with Crippen LogP contribution in [0.1, 0.15) is 41.6 Å². The van der Waals surface area contributed by atoms with Gasteiger partial charge in [0.15, 0.2) is 5.78 Å². The Morgan fingerprint density at radius 2 is 1.77 bits per heavy atom. The smallest absolute Gasteiger partial charge is 0.185 e. The van der Waals surface area contributed by atoms with Crippen LogP contribution in [0.25, 0.3) is 11.3 Å². The topological polar surface area (TPSA) is 113 Å². The zero-order valence-electron chi connectivity index (χ0n) is 18.8. The Hall–Kier alpha value is -3.18. The van der Waals surface area contributed by atoms with Crippen molar-refractivity contribution < 1.29 is 38.0 Å². The van der Waals surface area contributed by atoms with Crippen molar-refractivity contribution in [3.63, 3.8) is 0 Å². The minimum atomic E-state index is -1.70. The summed E-state index contributed by atoms with van der Waals surface area (Å²) in [7, 11) is 0. The van der Waals surface area contributed by atoms with Gasteiger partial charge < -0.3 is 20.1 Å². The van der Waals surface area contributed by atoms with Gasteiger partial charge in [-0.1, -0.05) is 6.07 Å². The highest BCUT2D eigenvalue weighted by Crippen LogP contribution is 2.38. The van der Waals surface area contributed by atoms with Crippen LogP contribution in [0.4, 0.5) is 13.2 Å². The van der Waals surface area contributed by atoms with Crippen molar-refractivity contribution in [2.24, 2.45) is 0 Å². The Morgan fingerprint density at radius 1 is 1.09 bits per heavy atom. The van der Waals surface area contributed by atoms with E-state index in [-0.39, 0.29) is 12.1 Å². The number of hydrogen-bond donors (Lipinski definition) is 3. The summed E-state index contributed by atoms with van der Waals surface area (Å²) in [5.74, 6) is -3.66. The maximum atomic E-state index is 14.4. The lowest BCUT2D eigenvalue weighted by Gasteiger charge is -2.46. The highest BCUT2D eigenvalue weighted by molar-refractivity contribution is 5.96. The first-order valence-electron chi connectivity index (χ1n) is 10.8. The molecule has 1 aromatic carbocycles.